The molecule has 0 atom stereocenters. The van der Waals surface area contributed by atoms with Gasteiger partial charge in [-0.1, -0.05) is 36.5 Å². The number of primary amides is 1. The Hall–Kier alpha value is -2.34. The Kier molecular flexibility index (Phi) is 4.37. The van der Waals surface area contributed by atoms with Gasteiger partial charge >= 0.3 is 6.09 Å². The average molecular weight is 289 g/mol. The highest BCUT2D eigenvalue weighted by atomic mass is 32.1. The Bertz CT molecular complexity index is 658. The third kappa shape index (κ3) is 3.16. The van der Waals surface area contributed by atoms with Crippen molar-refractivity contribution in [3.8, 4) is 0 Å². The number of thiocarbonyl (C=S) groups is 1. The molecule has 6 heteroatoms. The number of amides is 1. The first-order chi connectivity index (χ1) is 9.59. The van der Waals surface area contributed by atoms with Gasteiger partial charge in [-0.25, -0.2) is 4.79 Å². The van der Waals surface area contributed by atoms with E-state index in [1.165, 1.54) is 0 Å². The van der Waals surface area contributed by atoms with E-state index in [4.69, 9.17) is 23.7 Å². The molecular formula is C14H15N3O2S. The minimum atomic E-state index is -0.777. The summed E-state index contributed by atoms with van der Waals surface area (Å²) in [5, 5.41) is 5.19. The van der Waals surface area contributed by atoms with Crippen molar-refractivity contribution < 1.29 is 9.53 Å². The van der Waals surface area contributed by atoms with Gasteiger partial charge in [0, 0.05) is 23.2 Å². The van der Waals surface area contributed by atoms with E-state index in [0.29, 0.717) is 11.5 Å². The number of fused-ring (bicyclic) bond motifs is 1. The molecule has 0 aliphatic heterocycles. The Labute approximate surface area is 121 Å². The van der Waals surface area contributed by atoms with Crippen molar-refractivity contribution in [3.63, 3.8) is 0 Å². The Morgan fingerprint density at radius 3 is 2.50 bits per heavy atom. The lowest BCUT2D eigenvalue weighted by Gasteiger charge is -2.12. The van der Waals surface area contributed by atoms with Crippen molar-refractivity contribution >= 4 is 39.8 Å². The number of hydrogen-bond acceptors (Lipinski definition) is 4. The lowest BCUT2D eigenvalue weighted by molar-refractivity contribution is 0.161. The predicted octanol–water partition coefficient (Wildman–Crippen LogP) is 1.98. The van der Waals surface area contributed by atoms with E-state index in [-0.39, 0.29) is 6.61 Å². The lowest BCUT2D eigenvalue weighted by Crippen LogP contribution is -2.18. The average Bonchev–Trinajstić information content (AvgIpc) is 2.43. The van der Waals surface area contributed by atoms with Gasteiger partial charge in [0.05, 0.1) is 0 Å². The van der Waals surface area contributed by atoms with Crippen LogP contribution < -0.4 is 16.8 Å². The van der Waals surface area contributed by atoms with Crippen molar-refractivity contribution in [1.29, 1.82) is 0 Å². The summed E-state index contributed by atoms with van der Waals surface area (Å²) in [7, 11) is 0. The first-order valence-electron chi connectivity index (χ1n) is 6.07. The number of nitrogens with one attached hydrogen (secondary N) is 1. The summed E-state index contributed by atoms with van der Waals surface area (Å²) in [5.74, 6) is 0. The molecule has 0 aliphatic rings. The lowest BCUT2D eigenvalue weighted by atomic mass is 10.0. The van der Waals surface area contributed by atoms with Crippen LogP contribution in [0.2, 0.25) is 0 Å². The number of carbonyl (C=O) groups is 1. The van der Waals surface area contributed by atoms with E-state index in [2.05, 4.69) is 10.1 Å². The number of hydrogen-bond donors (Lipinski definition) is 3. The first-order valence-corrected chi connectivity index (χ1v) is 6.48. The van der Waals surface area contributed by atoms with Gasteiger partial charge in [0.2, 0.25) is 0 Å². The highest BCUT2D eigenvalue weighted by Crippen LogP contribution is 2.26. The van der Waals surface area contributed by atoms with Crippen LogP contribution in [0.4, 0.5) is 10.5 Å². The molecule has 0 spiro atoms. The second-order valence-corrected chi connectivity index (χ2v) is 4.60. The van der Waals surface area contributed by atoms with Crippen LogP contribution in [0, 0.1) is 0 Å². The zero-order chi connectivity index (χ0) is 14.5. The molecule has 5 nitrogen and oxygen atoms in total. The van der Waals surface area contributed by atoms with Crippen LogP contribution >= 0.6 is 12.2 Å². The van der Waals surface area contributed by atoms with Crippen LogP contribution in [0.5, 0.6) is 0 Å². The van der Waals surface area contributed by atoms with E-state index < -0.39 is 6.09 Å². The molecule has 0 radical (unpaired) electrons. The molecule has 2 aromatic carbocycles. The molecule has 20 heavy (non-hydrogen) atoms. The number of rotatable bonds is 5. The van der Waals surface area contributed by atoms with Crippen LogP contribution in [0.15, 0.2) is 36.4 Å². The first kappa shape index (κ1) is 14.1. The maximum atomic E-state index is 10.5. The summed E-state index contributed by atoms with van der Waals surface area (Å²) in [6, 6.07) is 11.6. The summed E-state index contributed by atoms with van der Waals surface area (Å²) < 4.78 is 4.67. The zero-order valence-corrected chi connectivity index (χ0v) is 11.6. The Balaban J connectivity index is 2.24. The van der Waals surface area contributed by atoms with Crippen LogP contribution in [0.25, 0.3) is 10.8 Å². The molecular weight excluding hydrogens is 274 g/mol. The fraction of sp³-hybridized carbons (Fsp3) is 0.143. The molecule has 2 rings (SSSR count). The van der Waals surface area contributed by atoms with Gasteiger partial charge in [-0.2, -0.15) is 0 Å². The van der Waals surface area contributed by atoms with Crippen LogP contribution in [0.1, 0.15) is 5.56 Å². The van der Waals surface area contributed by atoms with Gasteiger partial charge in [-0.3, -0.25) is 0 Å². The predicted molar refractivity (Wildman–Crippen MR) is 83.9 cm³/mol. The maximum Gasteiger partial charge on any atom is 0.404 e. The van der Waals surface area contributed by atoms with E-state index in [0.717, 1.165) is 22.0 Å². The summed E-state index contributed by atoms with van der Waals surface area (Å²) in [6.45, 7) is 0.681. The van der Waals surface area contributed by atoms with Crippen molar-refractivity contribution in [2.24, 2.45) is 11.5 Å². The van der Waals surface area contributed by atoms with Crippen molar-refractivity contribution in [2.75, 3.05) is 18.5 Å². The molecule has 0 fully saturated rings. The molecule has 0 heterocycles. The largest absolute Gasteiger partial charge is 0.448 e. The highest BCUT2D eigenvalue weighted by Gasteiger charge is 2.07. The van der Waals surface area contributed by atoms with Gasteiger partial charge in [-0.05, 0) is 17.5 Å². The molecule has 5 N–H and O–H groups in total. The van der Waals surface area contributed by atoms with Gasteiger partial charge in [0.1, 0.15) is 11.6 Å². The van der Waals surface area contributed by atoms with Crippen LogP contribution in [-0.2, 0) is 4.74 Å². The zero-order valence-electron chi connectivity index (χ0n) is 10.8. The molecule has 0 bridgehead atoms. The molecule has 1 amide bonds. The summed E-state index contributed by atoms with van der Waals surface area (Å²) in [4.78, 5) is 10.9. The third-order valence-corrected chi connectivity index (χ3v) is 3.07. The maximum absolute atomic E-state index is 10.5. The molecule has 0 aromatic heterocycles. The van der Waals surface area contributed by atoms with E-state index in [1.54, 1.807) is 0 Å². The topological polar surface area (TPSA) is 90.4 Å². The molecule has 104 valence electrons. The smallest absolute Gasteiger partial charge is 0.404 e. The number of ether oxygens (including phenoxy) is 1. The van der Waals surface area contributed by atoms with Gasteiger partial charge < -0.3 is 21.5 Å². The van der Waals surface area contributed by atoms with Crippen molar-refractivity contribution in [1.82, 2.24) is 0 Å². The number of carbonyl (C=O) groups excluding carboxylic acids is 1. The molecule has 2 aromatic rings. The van der Waals surface area contributed by atoms with Gasteiger partial charge in [-0.15, -0.1) is 0 Å². The standard InChI is InChI=1S/C14H15N3O2S/c15-13(20)11-5-6-12(17-7-8-19-14(16)18)10-4-2-1-3-9(10)11/h1-6,17H,7-8H2,(H2,15,20)(H2,16,18). The summed E-state index contributed by atoms with van der Waals surface area (Å²) in [6.07, 6.45) is -0.777. The van der Waals surface area contributed by atoms with E-state index >= 15 is 0 Å². The second kappa shape index (κ2) is 6.21. The summed E-state index contributed by atoms with van der Waals surface area (Å²) >= 11 is 5.05. The Morgan fingerprint density at radius 1 is 1.15 bits per heavy atom. The fourth-order valence-electron chi connectivity index (χ4n) is 2.01. The number of benzene rings is 2. The van der Waals surface area contributed by atoms with Crippen LogP contribution in [-0.4, -0.2) is 24.2 Å². The summed E-state index contributed by atoms with van der Waals surface area (Å²) in [5.41, 5.74) is 12.4. The monoisotopic (exact) mass is 289 g/mol. The number of anilines is 1. The SMILES string of the molecule is NC(=O)OCCNc1ccc(C(N)=S)c2ccccc12. The third-order valence-electron chi connectivity index (χ3n) is 2.85. The van der Waals surface area contributed by atoms with Crippen molar-refractivity contribution in [2.45, 2.75) is 0 Å². The molecule has 0 saturated carbocycles. The number of nitrogens with two attached hydrogens (primary N) is 2. The second-order valence-electron chi connectivity index (χ2n) is 4.16. The minimum absolute atomic E-state index is 0.209. The molecule has 0 saturated heterocycles. The van der Waals surface area contributed by atoms with Gasteiger partial charge in [0.25, 0.3) is 0 Å². The van der Waals surface area contributed by atoms with Crippen LogP contribution in [0.3, 0.4) is 0 Å². The minimum Gasteiger partial charge on any atom is -0.448 e. The van der Waals surface area contributed by atoms with Gasteiger partial charge in [0.15, 0.2) is 0 Å². The normalized spacial score (nSPS) is 10.2. The van der Waals surface area contributed by atoms with E-state index in [1.807, 2.05) is 36.4 Å². The van der Waals surface area contributed by atoms with Crippen molar-refractivity contribution in [3.05, 3.63) is 42.0 Å². The quantitative estimate of drug-likeness (QED) is 0.578. The molecule has 0 unspecified atom stereocenters. The highest BCUT2D eigenvalue weighted by molar-refractivity contribution is 7.80. The Morgan fingerprint density at radius 2 is 1.85 bits per heavy atom. The fourth-order valence-corrected chi connectivity index (χ4v) is 2.18. The molecule has 0 aliphatic carbocycles. The van der Waals surface area contributed by atoms with E-state index in [9.17, 15) is 4.79 Å².